The van der Waals surface area contributed by atoms with Gasteiger partial charge in [0.2, 0.25) is 0 Å². The molecule has 0 fully saturated rings. The fourth-order valence-corrected chi connectivity index (χ4v) is 11.7. The highest BCUT2D eigenvalue weighted by Gasteiger charge is 2.19. The Morgan fingerprint density at radius 3 is 0.855 bits per heavy atom. The van der Waals surface area contributed by atoms with Crippen LogP contribution in [0.3, 0.4) is 0 Å². The molecule has 4 aromatic carbocycles. The molecular weight excluding hydrogens is 1160 g/mol. The van der Waals surface area contributed by atoms with Gasteiger partial charge < -0.3 is 39.4 Å². The summed E-state index contributed by atoms with van der Waals surface area (Å²) in [5.74, 6) is 4.51. The first-order chi connectivity index (χ1) is 38.3. The predicted octanol–water partition coefficient (Wildman–Crippen LogP) is 17.8. The molecule has 0 saturated carbocycles. The van der Waals surface area contributed by atoms with Crippen LogP contribution in [0.1, 0.15) is 126 Å². The van der Waals surface area contributed by atoms with Crippen LogP contribution in [0.15, 0.2) is 99.7 Å². The molecule has 0 amide bonds. The van der Waals surface area contributed by atoms with Crippen molar-refractivity contribution >= 4 is 68.3 Å². The molecule has 19 heteroatoms. The first kappa shape index (κ1) is 69.2. The zero-order valence-electron chi connectivity index (χ0n) is 46.6. The van der Waals surface area contributed by atoms with Crippen LogP contribution >= 0.6 is 68.3 Å². The van der Waals surface area contributed by atoms with Gasteiger partial charge in [-0.25, -0.2) is 24.9 Å². The van der Waals surface area contributed by atoms with Gasteiger partial charge in [-0.3, -0.25) is 0 Å². The number of halogens is 1. The zero-order valence-corrected chi connectivity index (χ0v) is 51.4. The number of aromatic hydroxyl groups is 4. The van der Waals surface area contributed by atoms with E-state index in [1.807, 2.05) is 85.8 Å². The van der Waals surface area contributed by atoms with Crippen molar-refractivity contribution < 1.29 is 39.4 Å². The van der Waals surface area contributed by atoms with E-state index in [-0.39, 0.29) is 45.3 Å². The van der Waals surface area contributed by atoms with Gasteiger partial charge in [-0.05, 0) is 155 Å². The minimum Gasteiger partial charge on any atom is -0.504 e. The van der Waals surface area contributed by atoms with Gasteiger partial charge in [0.25, 0.3) is 0 Å². The smallest absolute Gasteiger partial charge is 0.162 e. The topological polar surface area (TPSA) is 182 Å². The summed E-state index contributed by atoms with van der Waals surface area (Å²) in [6.45, 7) is 20.5. The Hall–Kier alpha value is -6.28. The molecule has 9 aromatic rings. The van der Waals surface area contributed by atoms with Crippen molar-refractivity contribution in [3.8, 4) is 46.0 Å². The van der Waals surface area contributed by atoms with Crippen LogP contribution in [0.4, 0.5) is 0 Å². The fourth-order valence-electron chi connectivity index (χ4n) is 8.48. The van der Waals surface area contributed by atoms with Crippen molar-refractivity contribution in [2.45, 2.75) is 143 Å². The van der Waals surface area contributed by atoms with Gasteiger partial charge >= 0.3 is 0 Å². The third-order valence-corrected chi connectivity index (χ3v) is 17.6. The Morgan fingerprint density at radius 2 is 0.614 bits per heavy atom. The van der Waals surface area contributed by atoms with E-state index in [0.29, 0.717) is 67.5 Å². The van der Waals surface area contributed by atoms with Crippen molar-refractivity contribution in [1.82, 2.24) is 24.9 Å². The van der Waals surface area contributed by atoms with Gasteiger partial charge in [-0.15, -0.1) is 68.3 Å². The van der Waals surface area contributed by atoms with E-state index in [1.54, 1.807) is 68.8 Å². The van der Waals surface area contributed by atoms with E-state index < -0.39 is 0 Å². The van der Waals surface area contributed by atoms with Crippen LogP contribution in [-0.2, 0) is 58.0 Å². The summed E-state index contributed by atoms with van der Waals surface area (Å²) in [6.07, 6.45) is 3.39. The van der Waals surface area contributed by atoms with E-state index in [4.69, 9.17) is 30.5 Å². The molecule has 0 aliphatic heterocycles. The molecule has 0 bridgehead atoms. The van der Waals surface area contributed by atoms with Crippen LogP contribution in [0.2, 0.25) is 0 Å². The highest BCUT2D eigenvalue weighted by atomic mass is 35.5. The minimum atomic E-state index is -0.107. The van der Waals surface area contributed by atoms with Crippen LogP contribution in [0.5, 0.6) is 46.0 Å². The van der Waals surface area contributed by atoms with E-state index in [2.05, 4.69) is 76.9 Å². The van der Waals surface area contributed by atoms with Gasteiger partial charge in [-0.1, -0.05) is 74.2 Å². The number of phenolic OH excluding ortho intramolecular Hbond substituents is 4. The van der Waals surface area contributed by atoms with Crippen molar-refractivity contribution in [3.63, 3.8) is 0 Å². The van der Waals surface area contributed by atoms with Crippen LogP contribution in [-0.4, -0.2) is 45.3 Å². The Bertz CT molecular complexity index is 3170. The van der Waals surface area contributed by atoms with E-state index in [9.17, 15) is 20.4 Å². The van der Waals surface area contributed by atoms with Crippen molar-refractivity contribution in [2.75, 3.05) is 0 Å². The summed E-state index contributed by atoms with van der Waals surface area (Å²) in [5.41, 5.74) is 9.01. The lowest BCUT2D eigenvalue weighted by atomic mass is 9.85. The van der Waals surface area contributed by atoms with Crippen molar-refractivity contribution in [1.29, 1.82) is 0 Å². The maximum atomic E-state index is 9.54. The number of nitrogens with zero attached hydrogens (tertiary/aromatic N) is 5. The molecule has 0 unspecified atom stereocenters. The molecule has 448 valence electrons. The molecule has 0 aliphatic carbocycles. The first-order valence-corrected chi connectivity index (χ1v) is 31.2. The number of aromatic nitrogens is 5. The summed E-state index contributed by atoms with van der Waals surface area (Å²) in [6, 6.07) is 22.4. The highest BCUT2D eigenvalue weighted by molar-refractivity contribution is 7.10. The number of hydrogen-bond donors (Lipinski definition) is 4. The van der Waals surface area contributed by atoms with E-state index >= 15 is 0 Å². The Kier molecular flexibility index (Phi) is 28.2. The van der Waals surface area contributed by atoms with Crippen LogP contribution in [0, 0.1) is 58.3 Å². The molecule has 4 atom stereocenters. The minimum absolute atomic E-state index is 0. The second-order valence-electron chi connectivity index (χ2n) is 20.0. The molecule has 0 radical (unpaired) electrons. The molecular formula is C64H82ClN5O8S5. The molecule has 83 heavy (non-hydrogen) atoms. The number of rotatable bonds is 23. The lowest BCUT2D eigenvalue weighted by Gasteiger charge is -2.22. The zero-order chi connectivity index (χ0) is 57.3. The molecule has 9 rings (SSSR count). The summed E-state index contributed by atoms with van der Waals surface area (Å²) < 4.78 is 25.0. The number of aryl methyl sites for hydroxylation is 5. The Morgan fingerprint density at radius 1 is 0.361 bits per heavy atom. The van der Waals surface area contributed by atoms with Crippen LogP contribution in [0.25, 0.3) is 0 Å². The Labute approximate surface area is 516 Å². The molecule has 4 N–H and O–H groups in total. The SMILES string of the molecule is C.C.C.C[C@H](Cc1ccc(O)c(O)c1)[C@@H](C)Cc1ccc(O)c(O)c1.Cc1nc(CCl)cs1.Cc1nc(COc2ccc(C[C@@H](C)[C@@H](C)Cc3ccc(OCc4csc(C)n4)c(OCc4csc(C)n4)c3)cc2OCc2csc(C)n2)cs1. The third-order valence-electron chi connectivity index (χ3n) is 13.2. The Balaban J connectivity index is 0.000000370. The summed E-state index contributed by atoms with van der Waals surface area (Å²) in [7, 11) is 0. The highest BCUT2D eigenvalue weighted by Crippen LogP contribution is 2.36. The monoisotopic (exact) mass is 1240 g/mol. The second kappa shape index (κ2) is 33.9. The maximum Gasteiger partial charge on any atom is 0.162 e. The molecule has 0 aliphatic rings. The lowest BCUT2D eigenvalue weighted by molar-refractivity contribution is 0.251. The van der Waals surface area contributed by atoms with Crippen molar-refractivity contribution in [3.05, 3.63) is 175 Å². The number of benzene rings is 4. The second-order valence-corrected chi connectivity index (χ2v) is 25.6. The summed E-state index contributed by atoms with van der Waals surface area (Å²) in [5, 5.41) is 53.1. The maximum absolute atomic E-state index is 9.54. The third kappa shape index (κ3) is 22.0. The van der Waals surface area contributed by atoms with E-state index in [1.165, 1.54) is 23.3 Å². The van der Waals surface area contributed by atoms with E-state index in [0.717, 1.165) is 102 Å². The largest absolute Gasteiger partial charge is 0.504 e. The average Bonchev–Trinajstić information content (AvgIpc) is 4.36. The quantitative estimate of drug-likeness (QED) is 0.0351. The summed E-state index contributed by atoms with van der Waals surface area (Å²) >= 11 is 13.6. The number of ether oxygens (including phenoxy) is 4. The molecule has 0 saturated heterocycles. The average molecular weight is 1250 g/mol. The number of thiazole rings is 5. The number of phenols is 4. The molecule has 5 heterocycles. The normalized spacial score (nSPS) is 12.1. The fraction of sp³-hybridized carbons (Fsp3) is 0.391. The first-order valence-electron chi connectivity index (χ1n) is 26.3. The molecule has 13 nitrogen and oxygen atoms in total. The molecule has 5 aromatic heterocycles. The van der Waals surface area contributed by atoms with Gasteiger partial charge in [0.15, 0.2) is 46.0 Å². The number of alkyl halides is 1. The van der Waals surface area contributed by atoms with Gasteiger partial charge in [-0.2, -0.15) is 0 Å². The van der Waals surface area contributed by atoms with Gasteiger partial charge in [0.1, 0.15) is 26.4 Å². The number of hydrogen-bond acceptors (Lipinski definition) is 18. The lowest BCUT2D eigenvalue weighted by Crippen LogP contribution is -2.14. The van der Waals surface area contributed by atoms with Crippen molar-refractivity contribution in [2.24, 2.45) is 23.7 Å². The summed E-state index contributed by atoms with van der Waals surface area (Å²) in [4.78, 5) is 22.3. The molecule has 0 spiro atoms. The van der Waals surface area contributed by atoms with Gasteiger partial charge in [0.05, 0.1) is 59.4 Å². The predicted molar refractivity (Wildman–Crippen MR) is 345 cm³/mol. The van der Waals surface area contributed by atoms with Gasteiger partial charge in [0, 0.05) is 26.9 Å². The standard InChI is InChI=1S/C38H42N4O4S4.C18H22O4.C5H6ClNS.3CH4/c1-23(11-29-7-9-35(43-15-31-19-47-25(3)39-31)37(13-29)45-17-33-21-49-27(5)41-33)24(2)12-30-8-10-36(44-16-32-20-48-26(4)40-32)38(14-30)46-18-34-22-50-28(6)42-34;1-11(7-13-3-5-15(19)17(21)9-13)12(2)8-14-4-6-16(20)18(22)10-14;1-4-7-5(2-6)3-8-4;;;/h7-10,13-14,19-24H,11-12,15-18H2,1-6H3;3-6,9-12,19-22H,7-8H2,1-2H3;3H,2H2,1H3;3*1H4/t23-,24+;11-,12+;;;;. The van der Waals surface area contributed by atoms with Crippen LogP contribution < -0.4 is 18.9 Å².